The van der Waals surface area contributed by atoms with Crippen LogP contribution in [0.2, 0.25) is 0 Å². The maximum absolute atomic E-state index is 6.30. The van der Waals surface area contributed by atoms with E-state index in [9.17, 15) is 0 Å². The van der Waals surface area contributed by atoms with Crippen LogP contribution in [0.25, 0.3) is 0 Å². The summed E-state index contributed by atoms with van der Waals surface area (Å²) in [6.07, 6.45) is 6.43. The third-order valence-electron chi connectivity index (χ3n) is 5.82. The Morgan fingerprint density at radius 3 is 3.00 bits per heavy atom. The number of nitrogens with zero attached hydrogens (tertiary/aromatic N) is 2. The molecule has 0 bridgehead atoms. The van der Waals surface area contributed by atoms with E-state index in [4.69, 9.17) is 5.73 Å². The van der Waals surface area contributed by atoms with Gasteiger partial charge in [-0.25, -0.2) is 0 Å². The van der Waals surface area contributed by atoms with Crippen molar-refractivity contribution < 1.29 is 0 Å². The number of para-hydroxylation sites is 1. The fraction of sp³-hybridized carbons (Fsp3) is 0.647. The van der Waals surface area contributed by atoms with E-state index in [1.807, 2.05) is 0 Å². The van der Waals surface area contributed by atoms with E-state index >= 15 is 0 Å². The molecule has 2 atom stereocenters. The first-order valence-electron chi connectivity index (χ1n) is 8.12. The largest absolute Gasteiger partial charge is 0.364 e. The average molecular weight is 271 g/mol. The van der Waals surface area contributed by atoms with E-state index in [1.165, 1.54) is 56.4 Å². The van der Waals surface area contributed by atoms with Crippen LogP contribution in [0, 0.1) is 0 Å². The van der Waals surface area contributed by atoms with Crippen LogP contribution >= 0.6 is 0 Å². The van der Waals surface area contributed by atoms with Gasteiger partial charge in [0.25, 0.3) is 0 Å². The molecule has 108 valence electrons. The molecule has 20 heavy (non-hydrogen) atoms. The van der Waals surface area contributed by atoms with Crippen molar-refractivity contribution in [3.63, 3.8) is 0 Å². The van der Waals surface area contributed by atoms with Crippen LogP contribution in [0.3, 0.4) is 0 Å². The van der Waals surface area contributed by atoms with Crippen molar-refractivity contribution in [3.05, 3.63) is 29.8 Å². The first-order chi connectivity index (χ1) is 9.82. The van der Waals surface area contributed by atoms with Crippen molar-refractivity contribution in [1.82, 2.24) is 4.90 Å². The molecule has 2 saturated heterocycles. The molecule has 3 nitrogen and oxygen atoms in total. The molecule has 0 amide bonds. The molecule has 3 heterocycles. The van der Waals surface area contributed by atoms with Crippen LogP contribution in [0.1, 0.15) is 31.2 Å². The van der Waals surface area contributed by atoms with Gasteiger partial charge in [0.15, 0.2) is 0 Å². The summed E-state index contributed by atoms with van der Waals surface area (Å²) in [5, 5.41) is 0. The van der Waals surface area contributed by atoms with Crippen LogP contribution < -0.4 is 10.6 Å². The minimum absolute atomic E-state index is 0.206. The van der Waals surface area contributed by atoms with Crippen molar-refractivity contribution in [2.75, 3.05) is 31.1 Å². The Morgan fingerprint density at radius 1 is 1.20 bits per heavy atom. The molecule has 2 unspecified atom stereocenters. The lowest BCUT2D eigenvalue weighted by Gasteiger charge is -2.50. The van der Waals surface area contributed by atoms with Gasteiger partial charge in [-0.1, -0.05) is 18.2 Å². The molecule has 0 saturated carbocycles. The standard InChI is InChI=1S/C17H25N3/c18-13-17(8-11-19-9-3-5-15(19)12-17)20-10-7-14-4-1-2-6-16(14)20/h1-2,4,6,15H,3,5,7-13,18H2. The number of rotatable bonds is 2. The van der Waals surface area contributed by atoms with E-state index in [0.29, 0.717) is 0 Å². The lowest BCUT2D eigenvalue weighted by atomic mass is 9.81. The van der Waals surface area contributed by atoms with Gasteiger partial charge in [0.2, 0.25) is 0 Å². The second-order valence-corrected chi connectivity index (χ2v) is 6.74. The van der Waals surface area contributed by atoms with Crippen LogP contribution in [-0.4, -0.2) is 42.7 Å². The molecule has 0 spiro atoms. The summed E-state index contributed by atoms with van der Waals surface area (Å²) in [5.41, 5.74) is 9.46. The minimum Gasteiger partial charge on any atom is -0.364 e. The van der Waals surface area contributed by atoms with E-state index in [2.05, 4.69) is 34.1 Å². The van der Waals surface area contributed by atoms with Crippen LogP contribution in [0.4, 0.5) is 5.69 Å². The lowest BCUT2D eigenvalue weighted by molar-refractivity contribution is 0.130. The Hall–Kier alpha value is -1.06. The van der Waals surface area contributed by atoms with Gasteiger partial charge < -0.3 is 15.5 Å². The van der Waals surface area contributed by atoms with Crippen LogP contribution in [0.5, 0.6) is 0 Å². The molecular weight excluding hydrogens is 246 g/mol. The zero-order valence-corrected chi connectivity index (χ0v) is 12.2. The fourth-order valence-corrected chi connectivity index (χ4v) is 4.68. The quantitative estimate of drug-likeness (QED) is 0.893. The molecule has 0 aliphatic carbocycles. The third-order valence-corrected chi connectivity index (χ3v) is 5.82. The number of benzene rings is 1. The number of hydrogen-bond acceptors (Lipinski definition) is 3. The molecule has 1 aromatic carbocycles. The second-order valence-electron chi connectivity index (χ2n) is 6.74. The first kappa shape index (κ1) is 12.7. The highest BCUT2D eigenvalue weighted by Crippen LogP contribution is 2.42. The molecule has 4 rings (SSSR count). The van der Waals surface area contributed by atoms with Gasteiger partial charge in [0, 0.05) is 31.4 Å². The monoisotopic (exact) mass is 271 g/mol. The summed E-state index contributed by atoms with van der Waals surface area (Å²) in [6.45, 7) is 4.50. The smallest absolute Gasteiger partial charge is 0.0551 e. The molecular formula is C17H25N3. The average Bonchev–Trinajstić information content (AvgIpc) is 3.12. The fourth-order valence-electron chi connectivity index (χ4n) is 4.68. The lowest BCUT2D eigenvalue weighted by Crippen LogP contribution is -2.61. The highest BCUT2D eigenvalue weighted by atomic mass is 15.3. The molecule has 0 aromatic heterocycles. The second kappa shape index (κ2) is 4.74. The number of piperidine rings is 1. The van der Waals surface area contributed by atoms with E-state index in [1.54, 1.807) is 0 Å². The van der Waals surface area contributed by atoms with Crippen molar-refractivity contribution in [1.29, 1.82) is 0 Å². The van der Waals surface area contributed by atoms with Gasteiger partial charge in [-0.2, -0.15) is 0 Å². The number of fused-ring (bicyclic) bond motifs is 2. The predicted octanol–water partition coefficient (Wildman–Crippen LogP) is 2.00. The van der Waals surface area contributed by atoms with Gasteiger partial charge in [-0.05, 0) is 50.3 Å². The Bertz CT molecular complexity index is 501. The van der Waals surface area contributed by atoms with Crippen LogP contribution in [-0.2, 0) is 6.42 Å². The number of hydrogen-bond donors (Lipinski definition) is 1. The molecule has 2 N–H and O–H groups in total. The molecule has 2 fully saturated rings. The number of nitrogens with two attached hydrogens (primary N) is 1. The third kappa shape index (κ3) is 1.80. The van der Waals surface area contributed by atoms with Gasteiger partial charge in [0.1, 0.15) is 0 Å². The van der Waals surface area contributed by atoms with Gasteiger partial charge in [0.05, 0.1) is 5.54 Å². The van der Waals surface area contributed by atoms with Crippen molar-refractivity contribution in [2.24, 2.45) is 5.73 Å². The molecule has 3 aliphatic heterocycles. The van der Waals surface area contributed by atoms with Crippen molar-refractivity contribution in [2.45, 2.75) is 43.7 Å². The molecule has 1 aromatic rings. The summed E-state index contributed by atoms with van der Waals surface area (Å²) in [4.78, 5) is 5.34. The number of anilines is 1. The van der Waals surface area contributed by atoms with Crippen LogP contribution in [0.15, 0.2) is 24.3 Å². The first-order valence-corrected chi connectivity index (χ1v) is 8.12. The topological polar surface area (TPSA) is 32.5 Å². The Balaban J connectivity index is 1.65. The Kier molecular flexibility index (Phi) is 3.00. The van der Waals surface area contributed by atoms with Crippen molar-refractivity contribution in [3.8, 4) is 0 Å². The van der Waals surface area contributed by atoms with E-state index < -0.39 is 0 Å². The highest BCUT2D eigenvalue weighted by Gasteiger charge is 2.45. The summed E-state index contributed by atoms with van der Waals surface area (Å²) in [7, 11) is 0. The van der Waals surface area contributed by atoms with Crippen molar-refractivity contribution >= 4 is 5.69 Å². The zero-order valence-electron chi connectivity index (χ0n) is 12.2. The molecule has 3 heteroatoms. The summed E-state index contributed by atoms with van der Waals surface area (Å²) < 4.78 is 0. The SMILES string of the molecule is NCC1(N2CCc3ccccc32)CCN2CCCC2C1. The maximum Gasteiger partial charge on any atom is 0.0551 e. The predicted molar refractivity (Wildman–Crippen MR) is 83.1 cm³/mol. The van der Waals surface area contributed by atoms with Gasteiger partial charge >= 0.3 is 0 Å². The summed E-state index contributed by atoms with van der Waals surface area (Å²) >= 11 is 0. The highest BCUT2D eigenvalue weighted by molar-refractivity contribution is 5.60. The van der Waals surface area contributed by atoms with Gasteiger partial charge in [-0.15, -0.1) is 0 Å². The van der Waals surface area contributed by atoms with Gasteiger partial charge in [-0.3, -0.25) is 0 Å². The zero-order chi connectivity index (χ0) is 13.6. The van der Waals surface area contributed by atoms with E-state index in [-0.39, 0.29) is 5.54 Å². The normalized spacial score (nSPS) is 33.2. The Morgan fingerprint density at radius 2 is 2.10 bits per heavy atom. The molecule has 0 radical (unpaired) electrons. The minimum atomic E-state index is 0.206. The Labute approximate surface area is 121 Å². The summed E-state index contributed by atoms with van der Waals surface area (Å²) in [5.74, 6) is 0. The van der Waals surface area contributed by atoms with E-state index in [0.717, 1.165) is 19.1 Å². The summed E-state index contributed by atoms with van der Waals surface area (Å²) in [6, 6.07) is 9.69. The maximum atomic E-state index is 6.30. The molecule has 3 aliphatic rings.